The zero-order chi connectivity index (χ0) is 9.97. The summed E-state index contributed by atoms with van der Waals surface area (Å²) in [6.07, 6.45) is 5.65. The maximum Gasteiger partial charge on any atom is 0.00124 e. The summed E-state index contributed by atoms with van der Waals surface area (Å²) in [7, 11) is 0. The fraction of sp³-hybridized carbons (Fsp3) is 1.00. The van der Waals surface area contributed by atoms with Crippen LogP contribution < -0.4 is 5.73 Å². The molecular weight excluding hydrogens is 172 g/mol. The van der Waals surface area contributed by atoms with Gasteiger partial charge in [0.15, 0.2) is 0 Å². The van der Waals surface area contributed by atoms with E-state index in [2.05, 4.69) is 11.8 Å². The summed E-state index contributed by atoms with van der Waals surface area (Å²) in [5.74, 6) is 2.88. The van der Waals surface area contributed by atoms with Gasteiger partial charge in [0, 0.05) is 13.1 Å². The van der Waals surface area contributed by atoms with Gasteiger partial charge in [-0.15, -0.1) is 0 Å². The highest BCUT2D eigenvalue weighted by Crippen LogP contribution is 2.41. The smallest absolute Gasteiger partial charge is 0.00124 e. The van der Waals surface area contributed by atoms with E-state index in [0.717, 1.165) is 24.3 Å². The zero-order valence-corrected chi connectivity index (χ0v) is 9.41. The number of hydrogen-bond acceptors (Lipinski definition) is 2. The molecule has 2 rings (SSSR count). The molecule has 0 aromatic heterocycles. The van der Waals surface area contributed by atoms with Gasteiger partial charge in [-0.25, -0.2) is 0 Å². The standard InChI is InChI=1S/C12H24N2/c1-2-14-8-10-4-3-5-11(9-14)12(10)6-7-13/h10-12H,2-9,13H2,1H3. The summed E-state index contributed by atoms with van der Waals surface area (Å²) in [5, 5.41) is 0. The largest absolute Gasteiger partial charge is 0.330 e. The van der Waals surface area contributed by atoms with Crippen molar-refractivity contribution in [2.24, 2.45) is 23.5 Å². The highest BCUT2D eigenvalue weighted by atomic mass is 15.1. The molecule has 1 aliphatic heterocycles. The predicted octanol–water partition coefficient (Wildman–Crippen LogP) is 1.70. The molecule has 2 fully saturated rings. The third-order valence-corrected chi connectivity index (χ3v) is 4.29. The molecule has 2 unspecified atom stereocenters. The minimum absolute atomic E-state index is 0.893. The van der Waals surface area contributed by atoms with Crippen molar-refractivity contribution in [3.8, 4) is 0 Å². The van der Waals surface area contributed by atoms with Crippen LogP contribution in [0.5, 0.6) is 0 Å². The van der Waals surface area contributed by atoms with Crippen molar-refractivity contribution in [2.75, 3.05) is 26.2 Å². The minimum Gasteiger partial charge on any atom is -0.330 e. The highest BCUT2D eigenvalue weighted by Gasteiger charge is 2.37. The molecule has 14 heavy (non-hydrogen) atoms. The van der Waals surface area contributed by atoms with Gasteiger partial charge >= 0.3 is 0 Å². The SMILES string of the molecule is CCN1CC2CCCC(C1)C2CCN. The lowest BCUT2D eigenvalue weighted by Crippen LogP contribution is -2.48. The summed E-state index contributed by atoms with van der Waals surface area (Å²) < 4.78 is 0. The van der Waals surface area contributed by atoms with Gasteiger partial charge in [0.05, 0.1) is 0 Å². The molecule has 0 spiro atoms. The predicted molar refractivity (Wildman–Crippen MR) is 60.1 cm³/mol. The van der Waals surface area contributed by atoms with Crippen LogP contribution in [0, 0.1) is 17.8 Å². The van der Waals surface area contributed by atoms with E-state index in [-0.39, 0.29) is 0 Å². The first-order chi connectivity index (χ1) is 6.85. The number of likely N-dealkylation sites (tertiary alicyclic amines) is 1. The van der Waals surface area contributed by atoms with Gasteiger partial charge in [0.25, 0.3) is 0 Å². The van der Waals surface area contributed by atoms with E-state index in [9.17, 15) is 0 Å². The van der Waals surface area contributed by atoms with Crippen molar-refractivity contribution in [3.63, 3.8) is 0 Å². The lowest BCUT2D eigenvalue weighted by Gasteiger charge is -2.47. The average Bonchev–Trinajstić information content (AvgIpc) is 2.17. The van der Waals surface area contributed by atoms with E-state index in [1.54, 1.807) is 0 Å². The van der Waals surface area contributed by atoms with E-state index >= 15 is 0 Å². The lowest BCUT2D eigenvalue weighted by atomic mass is 9.67. The van der Waals surface area contributed by atoms with Crippen LogP contribution in [0.25, 0.3) is 0 Å². The maximum absolute atomic E-state index is 5.72. The molecule has 2 nitrogen and oxygen atoms in total. The first-order valence-electron chi connectivity index (χ1n) is 6.27. The first-order valence-corrected chi connectivity index (χ1v) is 6.27. The molecule has 0 radical (unpaired) electrons. The van der Waals surface area contributed by atoms with Gasteiger partial charge in [-0.3, -0.25) is 0 Å². The topological polar surface area (TPSA) is 29.3 Å². The van der Waals surface area contributed by atoms with Crippen molar-refractivity contribution in [2.45, 2.75) is 32.6 Å². The van der Waals surface area contributed by atoms with Gasteiger partial charge in [-0.1, -0.05) is 13.3 Å². The van der Waals surface area contributed by atoms with Crippen molar-refractivity contribution < 1.29 is 0 Å². The number of piperidine rings is 1. The second kappa shape index (κ2) is 4.63. The van der Waals surface area contributed by atoms with Gasteiger partial charge in [-0.05, 0) is 50.1 Å². The Bertz CT molecular complexity index is 167. The molecule has 0 aromatic carbocycles. The minimum atomic E-state index is 0.893. The molecule has 1 heterocycles. The molecule has 2 heteroatoms. The van der Waals surface area contributed by atoms with E-state index in [0.29, 0.717) is 0 Å². The molecule has 2 aliphatic rings. The number of fused-ring (bicyclic) bond motifs is 2. The van der Waals surface area contributed by atoms with Crippen molar-refractivity contribution >= 4 is 0 Å². The molecule has 82 valence electrons. The molecule has 0 amide bonds. The normalized spacial score (nSPS) is 38.6. The van der Waals surface area contributed by atoms with E-state index in [4.69, 9.17) is 5.73 Å². The van der Waals surface area contributed by atoms with Crippen molar-refractivity contribution in [1.29, 1.82) is 0 Å². The van der Waals surface area contributed by atoms with Gasteiger partial charge < -0.3 is 10.6 Å². The van der Waals surface area contributed by atoms with E-state index < -0.39 is 0 Å². The number of nitrogens with two attached hydrogens (primary N) is 1. The van der Waals surface area contributed by atoms with E-state index in [1.165, 1.54) is 45.3 Å². The Morgan fingerprint density at radius 1 is 1.21 bits per heavy atom. The number of nitrogens with zero attached hydrogens (tertiary/aromatic N) is 1. The number of hydrogen-bond donors (Lipinski definition) is 1. The van der Waals surface area contributed by atoms with Crippen LogP contribution in [0.3, 0.4) is 0 Å². The Morgan fingerprint density at radius 3 is 2.36 bits per heavy atom. The Kier molecular flexibility index (Phi) is 3.45. The summed E-state index contributed by atoms with van der Waals surface area (Å²) in [6, 6.07) is 0. The Balaban J connectivity index is 1.99. The zero-order valence-electron chi connectivity index (χ0n) is 9.41. The maximum atomic E-state index is 5.72. The Hall–Kier alpha value is -0.0800. The second-order valence-corrected chi connectivity index (χ2v) is 5.04. The molecule has 2 atom stereocenters. The van der Waals surface area contributed by atoms with Crippen LogP contribution >= 0.6 is 0 Å². The fourth-order valence-electron chi connectivity index (χ4n) is 3.57. The van der Waals surface area contributed by atoms with Crippen LogP contribution in [0.15, 0.2) is 0 Å². The van der Waals surface area contributed by atoms with Crippen LogP contribution in [-0.2, 0) is 0 Å². The number of rotatable bonds is 3. The molecular formula is C12H24N2. The monoisotopic (exact) mass is 196 g/mol. The lowest BCUT2D eigenvalue weighted by molar-refractivity contribution is 0.0227. The second-order valence-electron chi connectivity index (χ2n) is 5.04. The quantitative estimate of drug-likeness (QED) is 0.744. The highest BCUT2D eigenvalue weighted by molar-refractivity contribution is 4.90. The summed E-state index contributed by atoms with van der Waals surface area (Å²) in [5.41, 5.74) is 5.72. The van der Waals surface area contributed by atoms with Gasteiger partial charge in [0.2, 0.25) is 0 Å². The van der Waals surface area contributed by atoms with Crippen LogP contribution in [0.4, 0.5) is 0 Å². The molecule has 1 saturated carbocycles. The molecule has 0 aromatic rings. The van der Waals surface area contributed by atoms with Gasteiger partial charge in [0.1, 0.15) is 0 Å². The molecule has 1 saturated heterocycles. The molecule has 1 aliphatic carbocycles. The Labute approximate surface area is 87.8 Å². The van der Waals surface area contributed by atoms with E-state index in [1.807, 2.05) is 0 Å². The molecule has 2 N–H and O–H groups in total. The first kappa shape index (κ1) is 10.4. The van der Waals surface area contributed by atoms with Crippen molar-refractivity contribution in [1.82, 2.24) is 4.90 Å². The molecule has 2 bridgehead atoms. The van der Waals surface area contributed by atoms with Gasteiger partial charge in [-0.2, -0.15) is 0 Å². The summed E-state index contributed by atoms with van der Waals surface area (Å²) >= 11 is 0. The van der Waals surface area contributed by atoms with Crippen LogP contribution in [-0.4, -0.2) is 31.1 Å². The Morgan fingerprint density at radius 2 is 1.86 bits per heavy atom. The summed E-state index contributed by atoms with van der Waals surface area (Å²) in [4.78, 5) is 2.64. The fourth-order valence-corrected chi connectivity index (χ4v) is 3.57. The van der Waals surface area contributed by atoms with Crippen LogP contribution in [0.2, 0.25) is 0 Å². The van der Waals surface area contributed by atoms with Crippen LogP contribution in [0.1, 0.15) is 32.6 Å². The summed E-state index contributed by atoms with van der Waals surface area (Å²) in [6.45, 7) is 7.11. The third-order valence-electron chi connectivity index (χ3n) is 4.29. The van der Waals surface area contributed by atoms with Crippen molar-refractivity contribution in [3.05, 3.63) is 0 Å². The third kappa shape index (κ3) is 1.96. The average molecular weight is 196 g/mol.